The lowest BCUT2D eigenvalue weighted by Gasteiger charge is -2.04. The third-order valence-electron chi connectivity index (χ3n) is 2.13. The second-order valence-corrected chi connectivity index (χ2v) is 3.42. The van der Waals surface area contributed by atoms with Crippen LogP contribution in [0.5, 0.6) is 0 Å². The number of anilines is 2. The van der Waals surface area contributed by atoms with Gasteiger partial charge in [-0.05, 0) is 6.07 Å². The van der Waals surface area contributed by atoms with Gasteiger partial charge in [0, 0.05) is 0 Å². The molecule has 0 atom stereocenters. The van der Waals surface area contributed by atoms with Crippen LogP contribution in [0.2, 0.25) is 0 Å². The predicted molar refractivity (Wildman–Crippen MR) is 60.7 cm³/mol. The molecule has 0 aliphatic carbocycles. The maximum atomic E-state index is 13.9. The molecule has 8 nitrogen and oxygen atoms in total. The average molecular weight is 268 g/mol. The summed E-state index contributed by atoms with van der Waals surface area (Å²) in [6.45, 7) is 0. The summed E-state index contributed by atoms with van der Waals surface area (Å²) >= 11 is 0. The lowest BCUT2D eigenvalue weighted by atomic mass is 10.1. The first-order chi connectivity index (χ1) is 8.88. The molecule has 19 heavy (non-hydrogen) atoms. The summed E-state index contributed by atoms with van der Waals surface area (Å²) < 4.78 is 27.1. The molecule has 98 valence electrons. The van der Waals surface area contributed by atoms with E-state index < -0.39 is 27.8 Å². The highest BCUT2D eigenvalue weighted by Gasteiger charge is 2.23. The van der Waals surface area contributed by atoms with Crippen molar-refractivity contribution >= 4 is 17.6 Å². The van der Waals surface area contributed by atoms with Crippen LogP contribution in [0, 0.1) is 21.7 Å². The Balaban J connectivity index is 2.71. The number of nitrogen functional groups attached to an aromatic ring is 2. The summed E-state index contributed by atoms with van der Waals surface area (Å²) in [5, 5.41) is 10.6. The van der Waals surface area contributed by atoms with Crippen LogP contribution >= 0.6 is 0 Å². The standard InChI is InChI=1S/C9H6F2N6O2/c10-3-1-4(6(11)5(2-3)17(18)19)7-14-8(12)16-9(13)15-7/h1-2H,(H4,12,13,14,15,16). The number of aromatic nitrogens is 3. The molecule has 2 rings (SSSR count). The van der Waals surface area contributed by atoms with Crippen LogP contribution in [-0.2, 0) is 0 Å². The third-order valence-corrected chi connectivity index (χ3v) is 2.13. The number of benzene rings is 1. The smallest absolute Gasteiger partial charge is 0.308 e. The van der Waals surface area contributed by atoms with E-state index in [-0.39, 0.29) is 17.7 Å². The van der Waals surface area contributed by atoms with Crippen LogP contribution in [-0.4, -0.2) is 19.9 Å². The highest BCUT2D eigenvalue weighted by molar-refractivity contribution is 5.62. The van der Waals surface area contributed by atoms with Crippen LogP contribution in [0.4, 0.5) is 26.4 Å². The van der Waals surface area contributed by atoms with Crippen molar-refractivity contribution in [2.24, 2.45) is 0 Å². The molecular formula is C9H6F2N6O2. The summed E-state index contributed by atoms with van der Waals surface area (Å²) in [5.41, 5.74) is 9.03. The molecule has 0 amide bonds. The molecule has 1 aromatic carbocycles. The Morgan fingerprint density at radius 2 is 1.68 bits per heavy atom. The Bertz CT molecular complexity index is 658. The van der Waals surface area contributed by atoms with E-state index >= 15 is 0 Å². The molecule has 0 saturated carbocycles. The van der Waals surface area contributed by atoms with Crippen molar-refractivity contribution in [3.63, 3.8) is 0 Å². The first kappa shape index (κ1) is 12.5. The summed E-state index contributed by atoms with van der Waals surface area (Å²) in [4.78, 5) is 20.1. The quantitative estimate of drug-likeness (QED) is 0.610. The van der Waals surface area contributed by atoms with Crippen molar-refractivity contribution in [2.45, 2.75) is 0 Å². The Hall–Kier alpha value is -2.91. The zero-order valence-corrected chi connectivity index (χ0v) is 9.17. The average Bonchev–Trinajstić information content (AvgIpc) is 2.30. The van der Waals surface area contributed by atoms with Gasteiger partial charge in [-0.3, -0.25) is 10.1 Å². The van der Waals surface area contributed by atoms with E-state index in [1.165, 1.54) is 0 Å². The lowest BCUT2D eigenvalue weighted by molar-refractivity contribution is -0.387. The first-order valence-electron chi connectivity index (χ1n) is 4.79. The van der Waals surface area contributed by atoms with Crippen molar-refractivity contribution in [3.8, 4) is 11.4 Å². The maximum Gasteiger partial charge on any atom is 0.308 e. The van der Waals surface area contributed by atoms with Gasteiger partial charge in [0.05, 0.1) is 16.6 Å². The van der Waals surface area contributed by atoms with Crippen molar-refractivity contribution < 1.29 is 13.7 Å². The van der Waals surface area contributed by atoms with Crippen molar-refractivity contribution in [1.82, 2.24) is 15.0 Å². The fourth-order valence-electron chi connectivity index (χ4n) is 1.40. The van der Waals surface area contributed by atoms with Gasteiger partial charge in [0.2, 0.25) is 17.7 Å². The van der Waals surface area contributed by atoms with Gasteiger partial charge < -0.3 is 11.5 Å². The van der Waals surface area contributed by atoms with Gasteiger partial charge in [0.25, 0.3) is 0 Å². The van der Waals surface area contributed by atoms with E-state index in [4.69, 9.17) is 11.5 Å². The van der Waals surface area contributed by atoms with E-state index in [2.05, 4.69) is 15.0 Å². The molecule has 0 radical (unpaired) electrons. The molecule has 0 saturated heterocycles. The van der Waals surface area contributed by atoms with E-state index in [9.17, 15) is 18.9 Å². The fraction of sp³-hybridized carbons (Fsp3) is 0. The molecule has 0 unspecified atom stereocenters. The molecular weight excluding hydrogens is 262 g/mol. The summed E-state index contributed by atoms with van der Waals surface area (Å²) in [6.07, 6.45) is 0. The number of nitrogens with two attached hydrogens (primary N) is 2. The van der Waals surface area contributed by atoms with Gasteiger partial charge in [-0.25, -0.2) is 4.39 Å². The molecule has 0 fully saturated rings. The van der Waals surface area contributed by atoms with E-state index in [0.717, 1.165) is 0 Å². The van der Waals surface area contributed by atoms with Crippen LogP contribution in [0.25, 0.3) is 11.4 Å². The first-order valence-corrected chi connectivity index (χ1v) is 4.79. The van der Waals surface area contributed by atoms with Gasteiger partial charge in [-0.1, -0.05) is 0 Å². The second-order valence-electron chi connectivity index (χ2n) is 3.42. The highest BCUT2D eigenvalue weighted by Crippen LogP contribution is 2.28. The van der Waals surface area contributed by atoms with Crippen LogP contribution in [0.3, 0.4) is 0 Å². The number of nitro groups is 1. The molecule has 1 aromatic heterocycles. The molecule has 4 N–H and O–H groups in total. The Morgan fingerprint density at radius 3 is 2.21 bits per heavy atom. The predicted octanol–water partition coefficient (Wildman–Crippen LogP) is 0.889. The Morgan fingerprint density at radius 1 is 1.11 bits per heavy atom. The zero-order valence-electron chi connectivity index (χ0n) is 9.17. The Labute approximate surface area is 104 Å². The number of halogens is 2. The largest absolute Gasteiger partial charge is 0.368 e. The van der Waals surface area contributed by atoms with Crippen molar-refractivity contribution in [2.75, 3.05) is 11.5 Å². The summed E-state index contributed by atoms with van der Waals surface area (Å²) in [5.74, 6) is -3.30. The molecule has 10 heteroatoms. The minimum Gasteiger partial charge on any atom is -0.368 e. The maximum absolute atomic E-state index is 13.9. The van der Waals surface area contributed by atoms with Gasteiger partial charge in [-0.2, -0.15) is 19.3 Å². The van der Waals surface area contributed by atoms with Gasteiger partial charge >= 0.3 is 5.69 Å². The van der Waals surface area contributed by atoms with Crippen molar-refractivity contribution in [1.29, 1.82) is 0 Å². The number of rotatable bonds is 2. The molecule has 0 spiro atoms. The number of hydrogen-bond acceptors (Lipinski definition) is 7. The minimum absolute atomic E-state index is 0.311. The van der Waals surface area contributed by atoms with Crippen LogP contribution < -0.4 is 11.5 Å². The fourth-order valence-corrected chi connectivity index (χ4v) is 1.40. The van der Waals surface area contributed by atoms with Gasteiger partial charge in [0.1, 0.15) is 5.82 Å². The summed E-state index contributed by atoms with van der Waals surface area (Å²) in [6, 6.07) is 1.16. The van der Waals surface area contributed by atoms with Gasteiger partial charge in [0.15, 0.2) is 5.82 Å². The number of nitro benzene ring substituents is 1. The van der Waals surface area contributed by atoms with Crippen LogP contribution in [0.1, 0.15) is 0 Å². The van der Waals surface area contributed by atoms with E-state index in [0.29, 0.717) is 12.1 Å². The zero-order chi connectivity index (χ0) is 14.2. The number of hydrogen-bond donors (Lipinski definition) is 2. The van der Waals surface area contributed by atoms with Gasteiger partial charge in [-0.15, -0.1) is 0 Å². The molecule has 2 aromatic rings. The van der Waals surface area contributed by atoms with E-state index in [1.807, 2.05) is 0 Å². The van der Waals surface area contributed by atoms with Crippen LogP contribution in [0.15, 0.2) is 12.1 Å². The molecule has 0 bridgehead atoms. The normalized spacial score (nSPS) is 10.4. The van der Waals surface area contributed by atoms with Crippen molar-refractivity contribution in [3.05, 3.63) is 33.9 Å². The SMILES string of the molecule is Nc1nc(N)nc(-c2cc(F)cc([N+](=O)[O-])c2F)n1. The molecule has 0 aliphatic heterocycles. The monoisotopic (exact) mass is 268 g/mol. The number of nitrogens with zero attached hydrogens (tertiary/aromatic N) is 4. The molecule has 0 aliphatic rings. The second kappa shape index (κ2) is 4.40. The molecule has 1 heterocycles. The third kappa shape index (κ3) is 2.36. The lowest BCUT2D eigenvalue weighted by Crippen LogP contribution is -2.06. The minimum atomic E-state index is -1.28. The van der Waals surface area contributed by atoms with E-state index in [1.54, 1.807) is 0 Å². The summed E-state index contributed by atoms with van der Waals surface area (Å²) in [7, 11) is 0. The highest BCUT2D eigenvalue weighted by atomic mass is 19.1. The Kier molecular flexibility index (Phi) is 2.91. The topological polar surface area (TPSA) is 134 Å².